The summed E-state index contributed by atoms with van der Waals surface area (Å²) in [4.78, 5) is 0. The van der Waals surface area contributed by atoms with Crippen LogP contribution in [0, 0.1) is 0 Å². The molecule has 2 nitrogen and oxygen atoms in total. The highest BCUT2D eigenvalue weighted by Gasteiger charge is 2.16. The Balaban J connectivity index is 1.45. The third-order valence-corrected chi connectivity index (χ3v) is 4.66. The van der Waals surface area contributed by atoms with Crippen LogP contribution < -0.4 is 10.6 Å². The first kappa shape index (κ1) is 10.8. The zero-order valence-corrected chi connectivity index (χ0v) is 9.74. The van der Waals surface area contributed by atoms with E-state index < -0.39 is 0 Å². The van der Waals surface area contributed by atoms with E-state index in [1.54, 1.807) is 0 Å². The van der Waals surface area contributed by atoms with Crippen LogP contribution in [0.3, 0.4) is 0 Å². The number of piperidine rings is 1. The fraction of sp³-hybridized carbons (Fsp3) is 1.00. The molecule has 0 radical (unpaired) electrons. The molecule has 0 aromatic heterocycles. The van der Waals surface area contributed by atoms with E-state index >= 15 is 0 Å². The van der Waals surface area contributed by atoms with E-state index in [9.17, 15) is 0 Å². The normalized spacial score (nSPS) is 24.9. The third kappa shape index (κ3) is 3.44. The lowest BCUT2D eigenvalue weighted by Gasteiger charge is -2.27. The Hall–Kier alpha value is 0.270. The Morgan fingerprint density at radius 2 is 1.93 bits per heavy atom. The smallest absolute Gasteiger partial charge is 0.00716 e. The summed E-state index contributed by atoms with van der Waals surface area (Å²) in [5, 5.41) is 7.96. The second-order valence-electron chi connectivity index (χ2n) is 4.40. The van der Waals surface area contributed by atoms with Crippen LogP contribution in [0.1, 0.15) is 32.1 Å². The summed E-state index contributed by atoms with van der Waals surface area (Å²) in [7, 11) is 0. The Labute approximate surface area is 91.6 Å². The van der Waals surface area contributed by atoms with E-state index in [0.29, 0.717) is 0 Å². The van der Waals surface area contributed by atoms with E-state index in [0.717, 1.165) is 11.3 Å². The lowest BCUT2D eigenvalue weighted by Crippen LogP contribution is -2.37. The first-order valence-corrected chi connectivity index (χ1v) is 7.06. The largest absolute Gasteiger partial charge is 0.317 e. The van der Waals surface area contributed by atoms with Gasteiger partial charge in [0, 0.05) is 23.6 Å². The quantitative estimate of drug-likeness (QED) is 0.680. The topological polar surface area (TPSA) is 24.1 Å². The van der Waals surface area contributed by atoms with Crippen molar-refractivity contribution in [3.63, 3.8) is 0 Å². The number of hydrogen-bond donors (Lipinski definition) is 2. The van der Waals surface area contributed by atoms with Crippen LogP contribution >= 0.6 is 11.8 Å². The molecule has 0 unspecified atom stereocenters. The van der Waals surface area contributed by atoms with Crippen LogP contribution in [0.5, 0.6) is 0 Å². The van der Waals surface area contributed by atoms with E-state index in [1.165, 1.54) is 57.5 Å². The predicted octanol–water partition coefficient (Wildman–Crippen LogP) is 1.61. The first-order valence-electron chi connectivity index (χ1n) is 6.01. The van der Waals surface area contributed by atoms with Crippen LogP contribution in [0.4, 0.5) is 0 Å². The summed E-state index contributed by atoms with van der Waals surface area (Å²) in [6.45, 7) is 3.68. The predicted molar refractivity (Wildman–Crippen MR) is 64.0 cm³/mol. The summed E-state index contributed by atoms with van der Waals surface area (Å²) in [5.74, 6) is 1.31. The molecule has 82 valence electrons. The molecule has 1 saturated heterocycles. The standard InChI is InChI=1S/C11H22N2S/c1-2-10(3-1)13-8-9-14-11-4-6-12-7-5-11/h10-13H,1-9H2. The minimum absolute atomic E-state index is 0.864. The second kappa shape index (κ2) is 5.99. The van der Waals surface area contributed by atoms with Gasteiger partial charge in [-0.3, -0.25) is 0 Å². The molecule has 2 fully saturated rings. The van der Waals surface area contributed by atoms with Gasteiger partial charge in [-0.05, 0) is 38.8 Å². The highest BCUT2D eigenvalue weighted by molar-refractivity contribution is 7.99. The Kier molecular flexibility index (Phi) is 4.61. The van der Waals surface area contributed by atoms with Gasteiger partial charge in [0.2, 0.25) is 0 Å². The second-order valence-corrected chi connectivity index (χ2v) is 5.81. The van der Waals surface area contributed by atoms with Gasteiger partial charge in [0.1, 0.15) is 0 Å². The van der Waals surface area contributed by atoms with Crippen molar-refractivity contribution in [2.75, 3.05) is 25.4 Å². The molecule has 3 heteroatoms. The number of rotatable bonds is 5. The third-order valence-electron chi connectivity index (χ3n) is 3.28. The van der Waals surface area contributed by atoms with Crippen LogP contribution in [0.25, 0.3) is 0 Å². The minimum Gasteiger partial charge on any atom is -0.317 e. The Morgan fingerprint density at radius 3 is 2.57 bits per heavy atom. The Bertz CT molecular complexity index is 153. The molecule has 0 amide bonds. The van der Waals surface area contributed by atoms with Gasteiger partial charge in [-0.25, -0.2) is 0 Å². The first-order chi connectivity index (χ1) is 6.95. The minimum atomic E-state index is 0.864. The van der Waals surface area contributed by atoms with Gasteiger partial charge in [-0.15, -0.1) is 0 Å². The maximum atomic E-state index is 3.62. The average molecular weight is 214 g/mol. The summed E-state index contributed by atoms with van der Waals surface area (Å²) < 4.78 is 0. The summed E-state index contributed by atoms with van der Waals surface area (Å²) in [6.07, 6.45) is 7.01. The molecule has 0 bridgehead atoms. The molecule has 1 aliphatic heterocycles. The molecule has 0 spiro atoms. The number of thioether (sulfide) groups is 1. The molecular weight excluding hydrogens is 192 g/mol. The lowest BCUT2D eigenvalue weighted by molar-refractivity contribution is 0.347. The van der Waals surface area contributed by atoms with Crippen LogP contribution in [-0.4, -0.2) is 36.7 Å². The van der Waals surface area contributed by atoms with Gasteiger partial charge in [0.15, 0.2) is 0 Å². The van der Waals surface area contributed by atoms with Gasteiger partial charge < -0.3 is 10.6 Å². The molecule has 0 aromatic rings. The van der Waals surface area contributed by atoms with Crippen molar-refractivity contribution in [2.45, 2.75) is 43.4 Å². The molecule has 1 saturated carbocycles. The highest BCUT2D eigenvalue weighted by Crippen LogP contribution is 2.20. The molecular formula is C11H22N2S. The van der Waals surface area contributed by atoms with Crippen molar-refractivity contribution in [3.05, 3.63) is 0 Å². The lowest BCUT2D eigenvalue weighted by atomic mass is 9.93. The van der Waals surface area contributed by atoms with Gasteiger partial charge in [0.25, 0.3) is 0 Å². The average Bonchev–Trinajstić information content (AvgIpc) is 2.16. The van der Waals surface area contributed by atoms with E-state index in [2.05, 4.69) is 22.4 Å². The SMILES string of the molecule is C1CC(NCCSC2CCNCC2)C1. The van der Waals surface area contributed by atoms with Gasteiger partial charge in [-0.2, -0.15) is 11.8 Å². The fourth-order valence-corrected chi connectivity index (χ4v) is 3.20. The summed E-state index contributed by atoms with van der Waals surface area (Å²) in [5.41, 5.74) is 0. The van der Waals surface area contributed by atoms with E-state index in [4.69, 9.17) is 0 Å². The van der Waals surface area contributed by atoms with Crippen molar-refractivity contribution in [1.29, 1.82) is 0 Å². The molecule has 1 aliphatic carbocycles. The Morgan fingerprint density at radius 1 is 1.14 bits per heavy atom. The summed E-state index contributed by atoms with van der Waals surface area (Å²) >= 11 is 2.17. The molecule has 1 heterocycles. The van der Waals surface area contributed by atoms with Crippen molar-refractivity contribution >= 4 is 11.8 Å². The molecule has 2 aliphatic rings. The monoisotopic (exact) mass is 214 g/mol. The van der Waals surface area contributed by atoms with Crippen LogP contribution in [0.2, 0.25) is 0 Å². The van der Waals surface area contributed by atoms with Gasteiger partial charge >= 0.3 is 0 Å². The number of nitrogens with one attached hydrogen (secondary N) is 2. The van der Waals surface area contributed by atoms with E-state index in [-0.39, 0.29) is 0 Å². The molecule has 14 heavy (non-hydrogen) atoms. The highest BCUT2D eigenvalue weighted by atomic mass is 32.2. The van der Waals surface area contributed by atoms with Crippen molar-refractivity contribution in [3.8, 4) is 0 Å². The molecule has 2 rings (SSSR count). The zero-order valence-electron chi connectivity index (χ0n) is 8.93. The number of hydrogen-bond acceptors (Lipinski definition) is 3. The summed E-state index contributed by atoms with van der Waals surface area (Å²) in [6, 6.07) is 0.864. The molecule has 2 N–H and O–H groups in total. The maximum Gasteiger partial charge on any atom is 0.00716 e. The van der Waals surface area contributed by atoms with Gasteiger partial charge in [-0.1, -0.05) is 6.42 Å². The van der Waals surface area contributed by atoms with Crippen LogP contribution in [0.15, 0.2) is 0 Å². The maximum absolute atomic E-state index is 3.62. The van der Waals surface area contributed by atoms with E-state index in [1.807, 2.05) is 0 Å². The fourth-order valence-electron chi connectivity index (χ4n) is 2.06. The van der Waals surface area contributed by atoms with Crippen molar-refractivity contribution in [2.24, 2.45) is 0 Å². The van der Waals surface area contributed by atoms with Crippen molar-refractivity contribution in [1.82, 2.24) is 10.6 Å². The zero-order chi connectivity index (χ0) is 9.64. The van der Waals surface area contributed by atoms with Crippen molar-refractivity contribution < 1.29 is 0 Å². The van der Waals surface area contributed by atoms with Gasteiger partial charge in [0.05, 0.1) is 0 Å². The molecule has 0 atom stereocenters. The molecule has 0 aromatic carbocycles. The van der Waals surface area contributed by atoms with Crippen LogP contribution in [-0.2, 0) is 0 Å².